The first-order valence-corrected chi connectivity index (χ1v) is 3.46. The minimum atomic E-state index is 0.187. The molecule has 2 nitrogen and oxygen atoms in total. The lowest BCUT2D eigenvalue weighted by atomic mass is 10.4. The van der Waals surface area contributed by atoms with Crippen LogP contribution in [0.3, 0.4) is 0 Å². The molecule has 55 valence electrons. The van der Waals surface area contributed by atoms with E-state index in [0.717, 1.165) is 19.4 Å². The number of hydrogen-bond donors (Lipinski definition) is 1. The molecule has 1 radical (unpaired) electrons. The molecule has 0 atom stereocenters. The van der Waals surface area contributed by atoms with E-state index in [4.69, 9.17) is 9.84 Å². The lowest BCUT2D eigenvalue weighted by Crippen LogP contribution is -1.92. The summed E-state index contributed by atoms with van der Waals surface area (Å²) in [7, 11) is 0. The fourth-order valence-corrected chi connectivity index (χ4v) is 0.447. The third-order valence-electron chi connectivity index (χ3n) is 0.981. The number of unbranched alkanes of at least 4 members (excludes halogenated alkanes) is 1. The van der Waals surface area contributed by atoms with Crippen molar-refractivity contribution in [1.82, 2.24) is 0 Å². The van der Waals surface area contributed by atoms with Crippen molar-refractivity contribution in [2.75, 3.05) is 13.2 Å². The zero-order valence-corrected chi connectivity index (χ0v) is 5.97. The maximum atomic E-state index is 8.31. The normalized spacial score (nSPS) is 10.0. The van der Waals surface area contributed by atoms with E-state index in [1.807, 2.05) is 0 Å². The number of hydrogen-bond acceptors (Lipinski definition) is 2. The van der Waals surface area contributed by atoms with Crippen molar-refractivity contribution >= 4 is 0 Å². The molecule has 0 saturated carbocycles. The number of aliphatic hydroxyl groups excluding tert-OH is 1. The highest BCUT2D eigenvalue weighted by molar-refractivity contribution is 4.47. The Kier molecular flexibility index (Phi) is 7.85. The van der Waals surface area contributed by atoms with Gasteiger partial charge in [-0.05, 0) is 12.8 Å². The molecule has 0 aromatic rings. The summed E-state index contributed by atoms with van der Waals surface area (Å²) < 4.78 is 5.03. The van der Waals surface area contributed by atoms with Gasteiger partial charge in [-0.1, -0.05) is 13.3 Å². The molecular formula is C7H15O2. The van der Waals surface area contributed by atoms with Crippen LogP contribution in [0.2, 0.25) is 0 Å². The van der Waals surface area contributed by atoms with Crippen molar-refractivity contribution in [2.24, 2.45) is 0 Å². The first kappa shape index (κ1) is 8.92. The zero-order valence-electron chi connectivity index (χ0n) is 5.97. The Balaban J connectivity index is 2.60. The molecule has 0 aromatic heterocycles. The van der Waals surface area contributed by atoms with E-state index < -0.39 is 0 Å². The number of rotatable bonds is 6. The van der Waals surface area contributed by atoms with Crippen molar-refractivity contribution in [1.29, 1.82) is 0 Å². The second kappa shape index (κ2) is 7.92. The largest absolute Gasteiger partial charge is 0.396 e. The fraction of sp³-hybridized carbons (Fsp3) is 0.857. The van der Waals surface area contributed by atoms with Crippen LogP contribution in [0.5, 0.6) is 0 Å². The molecule has 0 bridgehead atoms. The minimum Gasteiger partial charge on any atom is -0.396 e. The molecule has 0 rings (SSSR count). The SMILES string of the molecule is CCCCO[CH]CCO. The minimum absolute atomic E-state index is 0.187. The quantitative estimate of drug-likeness (QED) is 0.551. The van der Waals surface area contributed by atoms with Crippen molar-refractivity contribution in [3.8, 4) is 0 Å². The second-order valence-electron chi connectivity index (χ2n) is 1.90. The third-order valence-corrected chi connectivity index (χ3v) is 0.981. The summed E-state index contributed by atoms with van der Waals surface area (Å²) in [5, 5.41) is 8.31. The maximum Gasteiger partial charge on any atom is 0.0859 e. The lowest BCUT2D eigenvalue weighted by molar-refractivity contribution is 0.169. The van der Waals surface area contributed by atoms with Gasteiger partial charge in [-0.25, -0.2) is 0 Å². The van der Waals surface area contributed by atoms with Gasteiger partial charge in [-0.2, -0.15) is 0 Å². The first-order chi connectivity index (χ1) is 4.41. The molecule has 0 amide bonds. The Hall–Kier alpha value is -0.0800. The van der Waals surface area contributed by atoms with E-state index in [1.54, 1.807) is 6.61 Å². The van der Waals surface area contributed by atoms with Crippen LogP contribution in [0, 0.1) is 6.61 Å². The molecular weight excluding hydrogens is 116 g/mol. The van der Waals surface area contributed by atoms with Gasteiger partial charge in [0.2, 0.25) is 0 Å². The average Bonchev–Trinajstić information content (AvgIpc) is 1.89. The molecule has 0 fully saturated rings. The van der Waals surface area contributed by atoms with Crippen molar-refractivity contribution in [2.45, 2.75) is 26.2 Å². The fourth-order valence-electron chi connectivity index (χ4n) is 0.447. The highest BCUT2D eigenvalue weighted by Crippen LogP contribution is 1.92. The topological polar surface area (TPSA) is 29.5 Å². The molecule has 9 heavy (non-hydrogen) atoms. The molecule has 0 aromatic carbocycles. The van der Waals surface area contributed by atoms with Crippen LogP contribution in [0.15, 0.2) is 0 Å². The van der Waals surface area contributed by atoms with E-state index >= 15 is 0 Å². The Morgan fingerprint density at radius 2 is 2.33 bits per heavy atom. The van der Waals surface area contributed by atoms with Gasteiger partial charge in [-0.15, -0.1) is 0 Å². The van der Waals surface area contributed by atoms with Crippen LogP contribution < -0.4 is 0 Å². The maximum absolute atomic E-state index is 8.31. The van der Waals surface area contributed by atoms with E-state index in [0.29, 0.717) is 6.42 Å². The Morgan fingerprint density at radius 1 is 1.56 bits per heavy atom. The Morgan fingerprint density at radius 3 is 2.89 bits per heavy atom. The molecule has 0 spiro atoms. The van der Waals surface area contributed by atoms with Crippen LogP contribution in [0.25, 0.3) is 0 Å². The molecule has 0 aliphatic carbocycles. The molecule has 0 aliphatic heterocycles. The smallest absolute Gasteiger partial charge is 0.0859 e. The summed E-state index contributed by atoms with van der Waals surface area (Å²) in [4.78, 5) is 0. The van der Waals surface area contributed by atoms with Gasteiger partial charge in [0, 0.05) is 13.2 Å². The molecule has 2 heteroatoms. The van der Waals surface area contributed by atoms with Gasteiger partial charge in [-0.3, -0.25) is 0 Å². The van der Waals surface area contributed by atoms with Gasteiger partial charge >= 0.3 is 0 Å². The number of aliphatic hydroxyl groups is 1. The number of ether oxygens (including phenoxy) is 1. The van der Waals surface area contributed by atoms with Gasteiger partial charge < -0.3 is 9.84 Å². The Bertz CT molecular complexity index is 40.2. The molecule has 0 saturated heterocycles. The van der Waals surface area contributed by atoms with Crippen molar-refractivity contribution < 1.29 is 9.84 Å². The summed E-state index contributed by atoms with van der Waals surface area (Å²) in [5.41, 5.74) is 0. The van der Waals surface area contributed by atoms with Gasteiger partial charge in [0.25, 0.3) is 0 Å². The van der Waals surface area contributed by atoms with E-state index in [1.165, 1.54) is 0 Å². The standard InChI is InChI=1S/C7H15O2/c1-2-3-6-9-7-4-5-8/h7-8H,2-6H2,1H3. The summed E-state index contributed by atoms with van der Waals surface area (Å²) in [6.45, 7) is 4.76. The summed E-state index contributed by atoms with van der Waals surface area (Å²) in [6, 6.07) is 0. The predicted molar refractivity (Wildman–Crippen MR) is 36.9 cm³/mol. The third kappa shape index (κ3) is 7.92. The van der Waals surface area contributed by atoms with Gasteiger partial charge in [0.15, 0.2) is 0 Å². The van der Waals surface area contributed by atoms with Crippen molar-refractivity contribution in [3.05, 3.63) is 6.61 Å². The van der Waals surface area contributed by atoms with Crippen LogP contribution >= 0.6 is 0 Å². The zero-order chi connectivity index (χ0) is 6.95. The van der Waals surface area contributed by atoms with Crippen LogP contribution in [0.1, 0.15) is 26.2 Å². The van der Waals surface area contributed by atoms with Gasteiger partial charge in [0.1, 0.15) is 0 Å². The van der Waals surface area contributed by atoms with Crippen molar-refractivity contribution in [3.63, 3.8) is 0 Å². The summed E-state index contributed by atoms with van der Waals surface area (Å²) >= 11 is 0. The first-order valence-electron chi connectivity index (χ1n) is 3.46. The van der Waals surface area contributed by atoms with Crippen LogP contribution in [0.4, 0.5) is 0 Å². The van der Waals surface area contributed by atoms with Crippen LogP contribution in [-0.4, -0.2) is 18.3 Å². The molecule has 0 heterocycles. The average molecular weight is 131 g/mol. The Labute approximate surface area is 56.8 Å². The highest BCUT2D eigenvalue weighted by Gasteiger charge is 1.85. The van der Waals surface area contributed by atoms with Gasteiger partial charge in [0.05, 0.1) is 6.61 Å². The molecule has 0 unspecified atom stereocenters. The summed E-state index contributed by atoms with van der Waals surface area (Å²) in [6.07, 6.45) is 2.90. The highest BCUT2D eigenvalue weighted by atomic mass is 16.5. The lowest BCUT2D eigenvalue weighted by Gasteiger charge is -1.98. The second-order valence-corrected chi connectivity index (χ2v) is 1.90. The monoisotopic (exact) mass is 131 g/mol. The molecule has 0 aliphatic rings. The van der Waals surface area contributed by atoms with E-state index in [-0.39, 0.29) is 6.61 Å². The predicted octanol–water partition coefficient (Wildman–Crippen LogP) is 1.35. The summed E-state index contributed by atoms with van der Waals surface area (Å²) in [5.74, 6) is 0. The van der Waals surface area contributed by atoms with E-state index in [2.05, 4.69) is 6.92 Å². The van der Waals surface area contributed by atoms with E-state index in [9.17, 15) is 0 Å². The molecule has 1 N–H and O–H groups in total. The van der Waals surface area contributed by atoms with Crippen LogP contribution in [-0.2, 0) is 4.74 Å².